The maximum Gasteiger partial charge on any atom is 0.237 e. The van der Waals surface area contributed by atoms with Crippen molar-refractivity contribution in [3.05, 3.63) is 35.4 Å². The van der Waals surface area contributed by atoms with Crippen molar-refractivity contribution >= 4 is 5.91 Å². The quantitative estimate of drug-likeness (QED) is 0.873. The Morgan fingerprint density at radius 2 is 2.22 bits per heavy atom. The molecular weight excluding hydrogens is 286 g/mol. The highest BCUT2D eigenvalue weighted by atomic mass is 16.2. The molecule has 1 fully saturated rings. The normalized spacial score (nSPS) is 23.1. The number of piperidine rings is 1. The summed E-state index contributed by atoms with van der Waals surface area (Å²) in [5, 5.41) is 6.58. The molecule has 2 unspecified atom stereocenters. The standard InChI is InChI=1S/C19H29N3O/c1-15(19(23)21-11-8-16-5-4-10-20-13-16)22-12-9-17-6-2-3-7-18(17)14-22/h2-3,6-7,15-16,20H,4-5,8-14H2,1H3,(H,21,23). The highest BCUT2D eigenvalue weighted by Crippen LogP contribution is 2.20. The summed E-state index contributed by atoms with van der Waals surface area (Å²) in [5.41, 5.74) is 2.80. The molecule has 0 bridgehead atoms. The summed E-state index contributed by atoms with van der Waals surface area (Å²) in [6.07, 6.45) is 4.69. The summed E-state index contributed by atoms with van der Waals surface area (Å²) in [6, 6.07) is 8.53. The van der Waals surface area contributed by atoms with Crippen LogP contribution in [-0.2, 0) is 17.8 Å². The van der Waals surface area contributed by atoms with Crippen LogP contribution in [0.15, 0.2) is 24.3 Å². The highest BCUT2D eigenvalue weighted by Gasteiger charge is 2.25. The monoisotopic (exact) mass is 315 g/mol. The minimum atomic E-state index is -0.0483. The SMILES string of the molecule is CC(C(=O)NCCC1CCCNC1)N1CCc2ccccc2C1. The Morgan fingerprint density at radius 3 is 3.00 bits per heavy atom. The van der Waals surface area contributed by atoms with Gasteiger partial charge in [-0.25, -0.2) is 0 Å². The van der Waals surface area contributed by atoms with Crippen LogP contribution in [0.25, 0.3) is 0 Å². The van der Waals surface area contributed by atoms with Gasteiger partial charge in [-0.05, 0) is 62.7 Å². The van der Waals surface area contributed by atoms with E-state index in [4.69, 9.17) is 0 Å². The van der Waals surface area contributed by atoms with Crippen LogP contribution in [0.2, 0.25) is 0 Å². The zero-order chi connectivity index (χ0) is 16.1. The maximum atomic E-state index is 12.4. The topological polar surface area (TPSA) is 44.4 Å². The third kappa shape index (κ3) is 4.33. The van der Waals surface area contributed by atoms with Gasteiger partial charge in [0.1, 0.15) is 0 Å². The summed E-state index contributed by atoms with van der Waals surface area (Å²) in [7, 11) is 0. The van der Waals surface area contributed by atoms with Gasteiger partial charge < -0.3 is 10.6 Å². The zero-order valence-electron chi connectivity index (χ0n) is 14.2. The molecule has 1 saturated heterocycles. The first kappa shape index (κ1) is 16.5. The van der Waals surface area contributed by atoms with Crippen LogP contribution >= 0.6 is 0 Å². The summed E-state index contributed by atoms with van der Waals surface area (Å²) in [4.78, 5) is 14.7. The van der Waals surface area contributed by atoms with Crippen molar-refractivity contribution < 1.29 is 4.79 Å². The second kappa shape index (κ2) is 7.93. The van der Waals surface area contributed by atoms with Gasteiger partial charge in [-0.15, -0.1) is 0 Å². The van der Waals surface area contributed by atoms with Crippen molar-refractivity contribution in [3.8, 4) is 0 Å². The molecular formula is C19H29N3O. The van der Waals surface area contributed by atoms with Crippen LogP contribution in [0.4, 0.5) is 0 Å². The average Bonchev–Trinajstić information content (AvgIpc) is 2.61. The molecule has 1 aromatic rings. The van der Waals surface area contributed by atoms with Gasteiger partial charge in [-0.3, -0.25) is 9.69 Å². The molecule has 23 heavy (non-hydrogen) atoms. The number of amides is 1. The molecule has 3 rings (SSSR count). The molecule has 0 spiro atoms. The van der Waals surface area contributed by atoms with Crippen LogP contribution in [0, 0.1) is 5.92 Å². The van der Waals surface area contributed by atoms with Crippen LogP contribution in [0.5, 0.6) is 0 Å². The fraction of sp³-hybridized carbons (Fsp3) is 0.632. The molecule has 2 heterocycles. The average molecular weight is 315 g/mol. The summed E-state index contributed by atoms with van der Waals surface area (Å²) in [6.45, 7) is 6.95. The summed E-state index contributed by atoms with van der Waals surface area (Å²) in [5.74, 6) is 0.898. The second-order valence-corrected chi connectivity index (χ2v) is 6.96. The van der Waals surface area contributed by atoms with Crippen LogP contribution in [-0.4, -0.2) is 43.0 Å². The van der Waals surface area contributed by atoms with E-state index in [1.165, 1.54) is 24.0 Å². The number of carbonyl (C=O) groups is 1. The lowest BCUT2D eigenvalue weighted by Gasteiger charge is -2.33. The second-order valence-electron chi connectivity index (χ2n) is 6.96. The van der Waals surface area contributed by atoms with Gasteiger partial charge in [0, 0.05) is 19.6 Å². The van der Waals surface area contributed by atoms with Gasteiger partial charge in [0.15, 0.2) is 0 Å². The Morgan fingerprint density at radius 1 is 1.39 bits per heavy atom. The fourth-order valence-electron chi connectivity index (χ4n) is 3.73. The maximum absolute atomic E-state index is 12.4. The van der Waals surface area contributed by atoms with Crippen molar-refractivity contribution in [2.45, 2.75) is 45.2 Å². The van der Waals surface area contributed by atoms with E-state index in [9.17, 15) is 4.79 Å². The van der Waals surface area contributed by atoms with Gasteiger partial charge in [0.2, 0.25) is 5.91 Å². The van der Waals surface area contributed by atoms with Crippen LogP contribution in [0.1, 0.15) is 37.3 Å². The number of carbonyl (C=O) groups excluding carboxylic acids is 1. The predicted molar refractivity (Wildman–Crippen MR) is 93.2 cm³/mol. The van der Waals surface area contributed by atoms with E-state index in [1.54, 1.807) is 0 Å². The van der Waals surface area contributed by atoms with E-state index in [1.807, 2.05) is 6.92 Å². The molecule has 4 nitrogen and oxygen atoms in total. The highest BCUT2D eigenvalue weighted by molar-refractivity contribution is 5.81. The van der Waals surface area contributed by atoms with Gasteiger partial charge in [-0.2, -0.15) is 0 Å². The fourth-order valence-corrected chi connectivity index (χ4v) is 3.73. The van der Waals surface area contributed by atoms with Crippen LogP contribution in [0.3, 0.4) is 0 Å². The number of nitrogens with zero attached hydrogens (tertiary/aromatic N) is 1. The molecule has 4 heteroatoms. The molecule has 126 valence electrons. The lowest BCUT2D eigenvalue weighted by atomic mass is 9.96. The third-order valence-electron chi connectivity index (χ3n) is 5.34. The number of hydrogen-bond acceptors (Lipinski definition) is 3. The Bertz CT molecular complexity index is 525. The first-order valence-corrected chi connectivity index (χ1v) is 9.03. The molecule has 2 atom stereocenters. The largest absolute Gasteiger partial charge is 0.355 e. The molecule has 0 saturated carbocycles. The minimum Gasteiger partial charge on any atom is -0.355 e. The first-order chi connectivity index (χ1) is 11.2. The molecule has 2 aliphatic heterocycles. The lowest BCUT2D eigenvalue weighted by molar-refractivity contribution is -0.126. The Hall–Kier alpha value is -1.39. The first-order valence-electron chi connectivity index (χ1n) is 9.03. The smallest absolute Gasteiger partial charge is 0.237 e. The Kier molecular flexibility index (Phi) is 5.68. The van der Waals surface area contributed by atoms with Crippen molar-refractivity contribution in [2.24, 2.45) is 5.92 Å². The van der Waals surface area contributed by atoms with Gasteiger partial charge in [-0.1, -0.05) is 24.3 Å². The molecule has 2 aliphatic rings. The number of rotatable bonds is 5. The van der Waals surface area contributed by atoms with E-state index in [2.05, 4.69) is 39.8 Å². The number of nitrogens with one attached hydrogen (secondary N) is 2. The van der Waals surface area contributed by atoms with Crippen molar-refractivity contribution in [2.75, 3.05) is 26.2 Å². The number of hydrogen-bond donors (Lipinski definition) is 2. The van der Waals surface area contributed by atoms with Gasteiger partial charge in [0.25, 0.3) is 0 Å². The molecule has 0 radical (unpaired) electrons. The zero-order valence-corrected chi connectivity index (χ0v) is 14.2. The van der Waals surface area contributed by atoms with E-state index in [0.29, 0.717) is 0 Å². The molecule has 1 amide bonds. The molecule has 2 N–H and O–H groups in total. The molecule has 0 aliphatic carbocycles. The van der Waals surface area contributed by atoms with Gasteiger partial charge >= 0.3 is 0 Å². The predicted octanol–water partition coefficient (Wildman–Crippen LogP) is 1.94. The summed E-state index contributed by atoms with van der Waals surface area (Å²) < 4.78 is 0. The van der Waals surface area contributed by atoms with Crippen molar-refractivity contribution in [1.82, 2.24) is 15.5 Å². The van der Waals surface area contributed by atoms with E-state index in [-0.39, 0.29) is 11.9 Å². The lowest BCUT2D eigenvalue weighted by Crippen LogP contribution is -2.47. The molecule has 1 aromatic carbocycles. The van der Waals surface area contributed by atoms with E-state index >= 15 is 0 Å². The van der Waals surface area contributed by atoms with Crippen molar-refractivity contribution in [3.63, 3.8) is 0 Å². The van der Waals surface area contributed by atoms with Gasteiger partial charge in [0.05, 0.1) is 6.04 Å². The Balaban J connectivity index is 1.44. The number of fused-ring (bicyclic) bond motifs is 1. The van der Waals surface area contributed by atoms with E-state index < -0.39 is 0 Å². The Labute approximate surface area is 139 Å². The summed E-state index contributed by atoms with van der Waals surface area (Å²) >= 11 is 0. The third-order valence-corrected chi connectivity index (χ3v) is 5.34. The minimum absolute atomic E-state index is 0.0483. The van der Waals surface area contributed by atoms with E-state index in [0.717, 1.165) is 51.5 Å². The van der Waals surface area contributed by atoms with Crippen LogP contribution < -0.4 is 10.6 Å². The molecule has 0 aromatic heterocycles. The van der Waals surface area contributed by atoms with Crippen molar-refractivity contribution in [1.29, 1.82) is 0 Å². The number of benzene rings is 1.